The van der Waals surface area contributed by atoms with Crippen LogP contribution >= 0.6 is 0 Å². The Morgan fingerprint density at radius 2 is 1.69 bits per heavy atom. The first-order valence-electron chi connectivity index (χ1n) is 9.39. The van der Waals surface area contributed by atoms with Crippen LogP contribution in [0.1, 0.15) is 21.5 Å². The van der Waals surface area contributed by atoms with Crippen LogP contribution in [0.2, 0.25) is 0 Å². The Morgan fingerprint density at radius 1 is 0.931 bits per heavy atom. The van der Waals surface area contributed by atoms with E-state index >= 15 is 0 Å². The van der Waals surface area contributed by atoms with Crippen LogP contribution in [-0.2, 0) is 0 Å². The molecule has 0 unspecified atom stereocenters. The van der Waals surface area contributed by atoms with Crippen LogP contribution in [0.3, 0.4) is 0 Å². The summed E-state index contributed by atoms with van der Waals surface area (Å²) in [6.45, 7) is 4.90. The van der Waals surface area contributed by atoms with E-state index in [1.165, 1.54) is 11.1 Å². The molecule has 6 heteroatoms. The summed E-state index contributed by atoms with van der Waals surface area (Å²) in [6.07, 6.45) is 3.24. The number of hydrogen-bond donors (Lipinski definition) is 2. The fourth-order valence-corrected chi connectivity index (χ4v) is 2.73. The summed E-state index contributed by atoms with van der Waals surface area (Å²) in [5, 5.41) is 6.13. The van der Waals surface area contributed by atoms with Gasteiger partial charge < -0.3 is 20.1 Å². The minimum atomic E-state index is -0.195. The van der Waals surface area contributed by atoms with Crippen molar-refractivity contribution in [1.82, 2.24) is 10.3 Å². The fraction of sp³-hybridized carbons (Fsp3) is 0.217. The van der Waals surface area contributed by atoms with E-state index in [1.807, 2.05) is 30.3 Å². The molecule has 0 saturated heterocycles. The molecule has 0 aliphatic rings. The second kappa shape index (κ2) is 9.59. The van der Waals surface area contributed by atoms with Gasteiger partial charge in [0.1, 0.15) is 18.1 Å². The van der Waals surface area contributed by atoms with Crippen LogP contribution in [0.15, 0.2) is 60.9 Å². The molecule has 150 valence electrons. The Labute approximate surface area is 170 Å². The summed E-state index contributed by atoms with van der Waals surface area (Å²) >= 11 is 0. The van der Waals surface area contributed by atoms with Gasteiger partial charge in [-0.3, -0.25) is 9.78 Å². The Bertz CT molecular complexity index is 971. The van der Waals surface area contributed by atoms with Gasteiger partial charge >= 0.3 is 0 Å². The summed E-state index contributed by atoms with van der Waals surface area (Å²) in [6, 6.07) is 15.2. The van der Waals surface area contributed by atoms with Gasteiger partial charge in [-0.25, -0.2) is 0 Å². The van der Waals surface area contributed by atoms with E-state index in [-0.39, 0.29) is 5.91 Å². The first-order chi connectivity index (χ1) is 14.0. The van der Waals surface area contributed by atoms with Crippen LogP contribution in [0, 0.1) is 13.8 Å². The van der Waals surface area contributed by atoms with E-state index in [4.69, 9.17) is 9.47 Å². The van der Waals surface area contributed by atoms with Crippen molar-refractivity contribution in [3.63, 3.8) is 0 Å². The number of methoxy groups -OCH3 is 1. The van der Waals surface area contributed by atoms with Crippen molar-refractivity contribution in [3.8, 4) is 11.5 Å². The molecular formula is C23H25N3O3. The average molecular weight is 391 g/mol. The largest absolute Gasteiger partial charge is 0.497 e. The summed E-state index contributed by atoms with van der Waals surface area (Å²) in [4.78, 5) is 16.6. The smallest absolute Gasteiger partial charge is 0.253 e. The number of nitrogens with one attached hydrogen (secondary N) is 2. The van der Waals surface area contributed by atoms with Crippen molar-refractivity contribution in [2.45, 2.75) is 13.8 Å². The van der Waals surface area contributed by atoms with Crippen molar-refractivity contribution in [2.75, 3.05) is 25.6 Å². The van der Waals surface area contributed by atoms with Crippen LogP contribution in [-0.4, -0.2) is 31.2 Å². The zero-order valence-electron chi connectivity index (χ0n) is 16.9. The van der Waals surface area contributed by atoms with Crippen molar-refractivity contribution in [2.24, 2.45) is 0 Å². The maximum atomic E-state index is 12.4. The maximum Gasteiger partial charge on any atom is 0.253 e. The van der Waals surface area contributed by atoms with Gasteiger partial charge in [0.25, 0.3) is 5.91 Å². The number of amides is 1. The van der Waals surface area contributed by atoms with E-state index in [9.17, 15) is 4.79 Å². The number of rotatable bonds is 8. The summed E-state index contributed by atoms with van der Waals surface area (Å²) < 4.78 is 10.7. The number of carbonyl (C=O) groups is 1. The molecule has 0 aliphatic heterocycles. The molecule has 6 nitrogen and oxygen atoms in total. The van der Waals surface area contributed by atoms with E-state index in [0.717, 1.165) is 22.9 Å². The lowest BCUT2D eigenvalue weighted by atomic mass is 10.1. The van der Waals surface area contributed by atoms with Crippen LogP contribution in [0.5, 0.6) is 11.5 Å². The van der Waals surface area contributed by atoms with Crippen LogP contribution in [0.4, 0.5) is 11.4 Å². The van der Waals surface area contributed by atoms with Crippen LogP contribution in [0.25, 0.3) is 0 Å². The van der Waals surface area contributed by atoms with E-state index in [1.54, 1.807) is 25.6 Å². The zero-order chi connectivity index (χ0) is 20.6. The molecule has 3 rings (SSSR count). The first kappa shape index (κ1) is 20.2. The summed E-state index contributed by atoms with van der Waals surface area (Å²) in [7, 11) is 1.62. The monoisotopic (exact) mass is 391 g/mol. The topological polar surface area (TPSA) is 72.5 Å². The number of benzene rings is 2. The number of carbonyl (C=O) groups excluding carboxylic acids is 1. The van der Waals surface area contributed by atoms with Gasteiger partial charge in [-0.05, 0) is 67.4 Å². The standard InChI is InChI=1S/C23H25N3O3/c1-16-4-5-19(12-17(16)2)26-20-13-18(14-24-15-20)23(27)25-10-11-29-22-8-6-21(28-3)7-9-22/h4-9,12-15,26H,10-11H2,1-3H3,(H,25,27). The molecule has 0 bridgehead atoms. The first-order valence-corrected chi connectivity index (χ1v) is 9.39. The van der Waals surface area contributed by atoms with Gasteiger partial charge in [-0.1, -0.05) is 6.07 Å². The van der Waals surface area contributed by atoms with Gasteiger partial charge in [0, 0.05) is 11.9 Å². The Balaban J connectivity index is 1.51. The molecule has 0 atom stereocenters. The molecule has 29 heavy (non-hydrogen) atoms. The lowest BCUT2D eigenvalue weighted by Crippen LogP contribution is -2.28. The number of aryl methyl sites for hydroxylation is 2. The number of hydrogen-bond acceptors (Lipinski definition) is 5. The molecule has 0 spiro atoms. The number of anilines is 2. The Kier molecular flexibility index (Phi) is 6.68. The second-order valence-corrected chi connectivity index (χ2v) is 6.67. The highest BCUT2D eigenvalue weighted by atomic mass is 16.5. The predicted molar refractivity (Wildman–Crippen MR) is 114 cm³/mol. The second-order valence-electron chi connectivity index (χ2n) is 6.67. The van der Waals surface area contributed by atoms with Crippen molar-refractivity contribution in [1.29, 1.82) is 0 Å². The quantitative estimate of drug-likeness (QED) is 0.562. The maximum absolute atomic E-state index is 12.4. The number of ether oxygens (including phenoxy) is 2. The van der Waals surface area contributed by atoms with Gasteiger partial charge in [-0.15, -0.1) is 0 Å². The SMILES string of the molecule is COc1ccc(OCCNC(=O)c2cncc(Nc3ccc(C)c(C)c3)c2)cc1. The lowest BCUT2D eigenvalue weighted by molar-refractivity contribution is 0.0946. The third-order valence-corrected chi connectivity index (χ3v) is 4.51. The van der Waals surface area contributed by atoms with Crippen molar-refractivity contribution >= 4 is 17.3 Å². The average Bonchev–Trinajstić information content (AvgIpc) is 2.74. The predicted octanol–water partition coefficient (Wildman–Crippen LogP) is 4.26. The number of nitrogens with zero attached hydrogens (tertiary/aromatic N) is 1. The summed E-state index contributed by atoms with van der Waals surface area (Å²) in [5.41, 5.74) is 4.64. The lowest BCUT2D eigenvalue weighted by Gasteiger charge is -2.11. The molecular weight excluding hydrogens is 366 g/mol. The zero-order valence-corrected chi connectivity index (χ0v) is 16.9. The van der Waals surface area contributed by atoms with E-state index in [2.05, 4.69) is 41.6 Å². The van der Waals surface area contributed by atoms with Crippen molar-refractivity contribution in [3.05, 3.63) is 77.6 Å². The highest BCUT2D eigenvalue weighted by Crippen LogP contribution is 2.20. The molecule has 1 amide bonds. The molecule has 2 aromatic carbocycles. The molecule has 1 heterocycles. The number of aromatic nitrogens is 1. The minimum absolute atomic E-state index is 0.195. The van der Waals surface area contributed by atoms with Gasteiger partial charge in [0.2, 0.25) is 0 Å². The normalized spacial score (nSPS) is 10.3. The molecule has 1 aromatic heterocycles. The number of pyridine rings is 1. The summed E-state index contributed by atoms with van der Waals surface area (Å²) in [5.74, 6) is 1.30. The van der Waals surface area contributed by atoms with E-state index in [0.29, 0.717) is 18.7 Å². The third kappa shape index (κ3) is 5.72. The van der Waals surface area contributed by atoms with Gasteiger partial charge in [0.15, 0.2) is 0 Å². The molecule has 3 aromatic rings. The van der Waals surface area contributed by atoms with Gasteiger partial charge in [-0.2, -0.15) is 0 Å². The Morgan fingerprint density at radius 3 is 2.41 bits per heavy atom. The highest BCUT2D eigenvalue weighted by Gasteiger charge is 2.07. The van der Waals surface area contributed by atoms with Gasteiger partial charge in [0.05, 0.1) is 31.1 Å². The molecule has 2 N–H and O–H groups in total. The molecule has 0 saturated carbocycles. The molecule has 0 fully saturated rings. The Hall–Kier alpha value is -3.54. The molecule has 0 aliphatic carbocycles. The fourth-order valence-electron chi connectivity index (χ4n) is 2.73. The van der Waals surface area contributed by atoms with E-state index < -0.39 is 0 Å². The minimum Gasteiger partial charge on any atom is -0.497 e. The third-order valence-electron chi connectivity index (χ3n) is 4.51. The molecule has 0 radical (unpaired) electrons. The highest BCUT2D eigenvalue weighted by molar-refractivity contribution is 5.94. The van der Waals surface area contributed by atoms with Crippen LogP contribution < -0.4 is 20.1 Å². The van der Waals surface area contributed by atoms with Crippen molar-refractivity contribution < 1.29 is 14.3 Å².